The van der Waals surface area contributed by atoms with E-state index in [0.717, 1.165) is 70.2 Å². The summed E-state index contributed by atoms with van der Waals surface area (Å²) < 4.78 is 0. The van der Waals surface area contributed by atoms with E-state index in [1.807, 2.05) is 23.2 Å². The topological polar surface area (TPSA) is 65.7 Å². The normalized spacial score (nSPS) is 22.7. The number of carbonyl (C=O) groups excluding carboxylic acids is 1. The SMILES string of the molecule is CSCC[C@H](N)C(=O)N1CCCC(CN2CCN(c3ccccn3)CC2)C1. The summed E-state index contributed by atoms with van der Waals surface area (Å²) in [5.74, 6) is 2.74. The van der Waals surface area contributed by atoms with Crippen LogP contribution < -0.4 is 10.6 Å². The smallest absolute Gasteiger partial charge is 0.239 e. The van der Waals surface area contributed by atoms with Gasteiger partial charge in [0.2, 0.25) is 5.91 Å². The first-order chi connectivity index (χ1) is 13.2. The molecular weight excluding hydrogens is 358 g/mol. The predicted octanol–water partition coefficient (Wildman–Crippen LogP) is 1.52. The second-order valence-corrected chi connectivity index (χ2v) is 8.64. The Bertz CT molecular complexity index is 579. The van der Waals surface area contributed by atoms with E-state index in [4.69, 9.17) is 5.73 Å². The number of anilines is 1. The van der Waals surface area contributed by atoms with Gasteiger partial charge in [0.15, 0.2) is 0 Å². The van der Waals surface area contributed by atoms with Crippen molar-refractivity contribution in [1.82, 2.24) is 14.8 Å². The Morgan fingerprint density at radius 1 is 1.30 bits per heavy atom. The van der Waals surface area contributed by atoms with E-state index in [2.05, 4.69) is 27.1 Å². The van der Waals surface area contributed by atoms with Gasteiger partial charge in [-0.05, 0) is 49.3 Å². The molecule has 1 unspecified atom stereocenters. The molecule has 0 radical (unpaired) electrons. The lowest BCUT2D eigenvalue weighted by Gasteiger charge is -2.40. The van der Waals surface area contributed by atoms with Gasteiger partial charge in [-0.1, -0.05) is 6.07 Å². The number of likely N-dealkylation sites (tertiary alicyclic amines) is 1. The first-order valence-corrected chi connectivity index (χ1v) is 11.5. The van der Waals surface area contributed by atoms with Crippen molar-refractivity contribution < 1.29 is 4.79 Å². The number of hydrogen-bond acceptors (Lipinski definition) is 6. The lowest BCUT2D eigenvalue weighted by Crippen LogP contribution is -2.52. The van der Waals surface area contributed by atoms with Gasteiger partial charge in [0.1, 0.15) is 5.82 Å². The summed E-state index contributed by atoms with van der Waals surface area (Å²) >= 11 is 1.75. The second kappa shape index (κ2) is 10.3. The van der Waals surface area contributed by atoms with Gasteiger partial charge < -0.3 is 15.5 Å². The van der Waals surface area contributed by atoms with Crippen LogP contribution in [0.15, 0.2) is 24.4 Å². The van der Waals surface area contributed by atoms with E-state index in [1.165, 1.54) is 6.42 Å². The van der Waals surface area contributed by atoms with Gasteiger partial charge in [0.05, 0.1) is 6.04 Å². The summed E-state index contributed by atoms with van der Waals surface area (Å²) in [4.78, 5) is 24.0. The van der Waals surface area contributed by atoms with E-state index in [9.17, 15) is 4.79 Å². The van der Waals surface area contributed by atoms with Crippen molar-refractivity contribution in [3.63, 3.8) is 0 Å². The standard InChI is InChI=1S/C20H33N5OS/c1-27-14-7-18(21)20(26)25-9-4-5-17(16-25)15-23-10-12-24(13-11-23)19-6-2-3-8-22-19/h2-3,6,8,17-18H,4-5,7,9-16,21H2,1H3/t17?,18-/m0/s1. The third kappa shape index (κ3) is 5.83. The maximum absolute atomic E-state index is 12.6. The number of pyridine rings is 1. The van der Waals surface area contributed by atoms with Crippen molar-refractivity contribution in [2.75, 3.05) is 62.7 Å². The quantitative estimate of drug-likeness (QED) is 0.760. The van der Waals surface area contributed by atoms with Gasteiger partial charge in [-0.3, -0.25) is 9.69 Å². The van der Waals surface area contributed by atoms with Crippen molar-refractivity contribution in [3.8, 4) is 0 Å². The lowest BCUT2D eigenvalue weighted by molar-refractivity contribution is -0.134. The molecule has 6 nitrogen and oxygen atoms in total. The van der Waals surface area contributed by atoms with Gasteiger partial charge in [0, 0.05) is 52.0 Å². The molecule has 2 aliphatic rings. The summed E-state index contributed by atoms with van der Waals surface area (Å²) in [6.45, 7) is 6.99. The molecule has 0 saturated carbocycles. The van der Waals surface area contributed by atoms with Crippen LogP contribution >= 0.6 is 11.8 Å². The Morgan fingerprint density at radius 3 is 2.81 bits per heavy atom. The molecule has 1 aromatic rings. The molecule has 0 spiro atoms. The van der Waals surface area contributed by atoms with Crippen LogP contribution in [0.25, 0.3) is 0 Å². The molecule has 2 aliphatic heterocycles. The van der Waals surface area contributed by atoms with E-state index >= 15 is 0 Å². The Kier molecular flexibility index (Phi) is 7.79. The first-order valence-electron chi connectivity index (χ1n) is 10.1. The molecule has 2 N–H and O–H groups in total. The minimum absolute atomic E-state index is 0.147. The van der Waals surface area contributed by atoms with Crippen molar-refractivity contribution in [3.05, 3.63) is 24.4 Å². The molecule has 7 heteroatoms. The molecule has 3 heterocycles. The molecule has 0 aromatic carbocycles. The van der Waals surface area contributed by atoms with Gasteiger partial charge in [-0.25, -0.2) is 4.98 Å². The van der Waals surface area contributed by atoms with Gasteiger partial charge in [-0.2, -0.15) is 11.8 Å². The van der Waals surface area contributed by atoms with E-state index in [-0.39, 0.29) is 11.9 Å². The van der Waals surface area contributed by atoms with Crippen LogP contribution in [0.5, 0.6) is 0 Å². The van der Waals surface area contributed by atoms with Crippen molar-refractivity contribution >= 4 is 23.5 Å². The number of piperidine rings is 1. The molecule has 150 valence electrons. The van der Waals surface area contributed by atoms with Crippen LogP contribution in [-0.4, -0.2) is 84.6 Å². The third-order valence-electron chi connectivity index (χ3n) is 5.64. The highest BCUT2D eigenvalue weighted by atomic mass is 32.2. The number of thioether (sulfide) groups is 1. The molecule has 27 heavy (non-hydrogen) atoms. The first kappa shape index (κ1) is 20.4. The minimum atomic E-state index is -0.335. The molecule has 1 aromatic heterocycles. The highest BCUT2D eigenvalue weighted by molar-refractivity contribution is 7.98. The van der Waals surface area contributed by atoms with Crippen LogP contribution in [0.2, 0.25) is 0 Å². The van der Waals surface area contributed by atoms with Crippen molar-refractivity contribution in [2.45, 2.75) is 25.3 Å². The van der Waals surface area contributed by atoms with Crippen LogP contribution in [0.1, 0.15) is 19.3 Å². The predicted molar refractivity (Wildman–Crippen MR) is 113 cm³/mol. The van der Waals surface area contributed by atoms with E-state index in [1.54, 1.807) is 11.8 Å². The number of nitrogens with two attached hydrogens (primary N) is 1. The van der Waals surface area contributed by atoms with Crippen LogP contribution in [0, 0.1) is 5.92 Å². The molecule has 2 fully saturated rings. The average Bonchev–Trinajstić information content (AvgIpc) is 2.73. The van der Waals surface area contributed by atoms with Crippen LogP contribution in [0.4, 0.5) is 5.82 Å². The van der Waals surface area contributed by atoms with E-state index < -0.39 is 0 Å². The van der Waals surface area contributed by atoms with Gasteiger partial charge in [0.25, 0.3) is 0 Å². The monoisotopic (exact) mass is 391 g/mol. The minimum Gasteiger partial charge on any atom is -0.354 e. The van der Waals surface area contributed by atoms with Crippen molar-refractivity contribution in [2.24, 2.45) is 11.7 Å². The Labute approximate surface area is 167 Å². The molecule has 1 amide bonds. The fourth-order valence-corrected chi connectivity index (χ4v) is 4.57. The zero-order chi connectivity index (χ0) is 19.1. The summed E-state index contributed by atoms with van der Waals surface area (Å²) in [5, 5.41) is 0. The number of nitrogens with zero attached hydrogens (tertiary/aromatic N) is 4. The lowest BCUT2D eigenvalue weighted by atomic mass is 9.96. The Balaban J connectivity index is 1.44. The molecule has 0 bridgehead atoms. The van der Waals surface area contributed by atoms with Crippen molar-refractivity contribution in [1.29, 1.82) is 0 Å². The van der Waals surface area contributed by atoms with Crippen LogP contribution in [0.3, 0.4) is 0 Å². The maximum atomic E-state index is 12.6. The molecule has 2 saturated heterocycles. The zero-order valence-electron chi connectivity index (χ0n) is 16.4. The number of aromatic nitrogens is 1. The average molecular weight is 392 g/mol. The van der Waals surface area contributed by atoms with Gasteiger partial charge in [-0.15, -0.1) is 0 Å². The van der Waals surface area contributed by atoms with E-state index in [0.29, 0.717) is 5.92 Å². The Morgan fingerprint density at radius 2 is 2.11 bits per heavy atom. The van der Waals surface area contributed by atoms with Gasteiger partial charge >= 0.3 is 0 Å². The Hall–Kier alpha value is -1.31. The molecule has 2 atom stereocenters. The number of amides is 1. The highest BCUT2D eigenvalue weighted by Gasteiger charge is 2.29. The summed E-state index contributed by atoms with van der Waals surface area (Å²) in [7, 11) is 0. The summed E-state index contributed by atoms with van der Waals surface area (Å²) in [6.07, 6.45) is 7.00. The zero-order valence-corrected chi connectivity index (χ0v) is 17.2. The molecule has 3 rings (SSSR count). The molecule has 0 aliphatic carbocycles. The third-order valence-corrected chi connectivity index (χ3v) is 6.29. The summed E-state index contributed by atoms with van der Waals surface area (Å²) in [6, 6.07) is 5.76. The number of piperazine rings is 1. The summed E-state index contributed by atoms with van der Waals surface area (Å²) in [5.41, 5.74) is 6.11. The number of rotatable bonds is 7. The number of carbonyl (C=O) groups is 1. The largest absolute Gasteiger partial charge is 0.354 e. The highest BCUT2D eigenvalue weighted by Crippen LogP contribution is 2.20. The molecular formula is C20H33N5OS. The fraction of sp³-hybridized carbons (Fsp3) is 0.700. The second-order valence-electron chi connectivity index (χ2n) is 7.66. The van der Waals surface area contributed by atoms with Crippen LogP contribution in [-0.2, 0) is 4.79 Å². The maximum Gasteiger partial charge on any atom is 0.239 e. The number of hydrogen-bond donors (Lipinski definition) is 1. The fourth-order valence-electron chi connectivity index (χ4n) is 4.08.